The van der Waals surface area contributed by atoms with E-state index < -0.39 is 0 Å². The second-order valence-corrected chi connectivity index (χ2v) is 6.31. The molecule has 1 aromatic carbocycles. The summed E-state index contributed by atoms with van der Waals surface area (Å²) in [5, 5.41) is 0. The Labute approximate surface area is 143 Å². The van der Waals surface area contributed by atoms with E-state index in [-0.39, 0.29) is 5.78 Å². The number of aryl methyl sites for hydroxylation is 1. The van der Waals surface area contributed by atoms with Gasteiger partial charge in [0, 0.05) is 36.1 Å². The quantitative estimate of drug-likeness (QED) is 0.523. The van der Waals surface area contributed by atoms with Crippen LogP contribution in [-0.4, -0.2) is 10.4 Å². The largest absolute Gasteiger partial charge is 0.351 e. The van der Waals surface area contributed by atoms with Crippen LogP contribution in [0, 0.1) is 13.8 Å². The maximum Gasteiger partial charge on any atom is 0.229 e. The van der Waals surface area contributed by atoms with Crippen LogP contribution in [0.15, 0.2) is 60.9 Å². The molecular weight excluding hydrogens is 296 g/mol. The first-order valence-electron chi connectivity index (χ1n) is 8.22. The zero-order valence-electron chi connectivity index (χ0n) is 14.5. The molecule has 3 nitrogen and oxygen atoms in total. The Bertz CT molecular complexity index is 846. The van der Waals surface area contributed by atoms with Crippen molar-refractivity contribution in [1.29, 1.82) is 0 Å². The molecule has 0 amide bonds. The van der Waals surface area contributed by atoms with E-state index in [9.17, 15) is 4.79 Å². The molecule has 0 saturated heterocycles. The van der Waals surface area contributed by atoms with E-state index in [2.05, 4.69) is 41.0 Å². The summed E-state index contributed by atoms with van der Waals surface area (Å²) in [5.74, 6) is 0.150. The van der Waals surface area contributed by atoms with Crippen LogP contribution in [0.25, 0.3) is 0 Å². The molecule has 0 saturated carbocycles. The van der Waals surface area contributed by atoms with Crippen molar-refractivity contribution in [2.45, 2.75) is 26.8 Å². The Morgan fingerprint density at radius 3 is 2.21 bits per heavy atom. The molecule has 0 spiro atoms. The highest BCUT2D eigenvalue weighted by Crippen LogP contribution is 2.14. The highest BCUT2D eigenvalue weighted by Gasteiger charge is 2.17. The molecule has 24 heavy (non-hydrogen) atoms. The number of ketones is 1. The van der Waals surface area contributed by atoms with Crippen LogP contribution in [0.5, 0.6) is 0 Å². The summed E-state index contributed by atoms with van der Waals surface area (Å²) in [6, 6.07) is 16.6. The number of aromatic nitrogens is 2. The molecule has 3 aromatic rings. The van der Waals surface area contributed by atoms with Gasteiger partial charge in [0.15, 0.2) is 12.4 Å². The zero-order chi connectivity index (χ0) is 17.1. The van der Waals surface area contributed by atoms with Crippen molar-refractivity contribution >= 4 is 5.78 Å². The molecule has 0 N–H and O–H groups in total. The van der Waals surface area contributed by atoms with Crippen molar-refractivity contribution in [3.05, 3.63) is 89.0 Å². The van der Waals surface area contributed by atoms with Crippen LogP contribution in [0.1, 0.15) is 32.9 Å². The number of rotatable bonds is 5. The standard InChI is InChI=1S/C21H23N2O/c1-16-13-20(17(2)22(16)3)21(24)15-23-11-9-19(10-12-23)14-18-7-5-4-6-8-18/h4-13H,14-15H2,1-3H3/q+1. The molecule has 0 aliphatic heterocycles. The van der Waals surface area contributed by atoms with E-state index >= 15 is 0 Å². The van der Waals surface area contributed by atoms with Crippen LogP contribution >= 0.6 is 0 Å². The van der Waals surface area contributed by atoms with Crippen LogP contribution in [0.3, 0.4) is 0 Å². The van der Waals surface area contributed by atoms with Gasteiger partial charge in [-0.2, -0.15) is 4.57 Å². The molecule has 0 bridgehead atoms. The van der Waals surface area contributed by atoms with Gasteiger partial charge in [-0.3, -0.25) is 4.79 Å². The van der Waals surface area contributed by atoms with Gasteiger partial charge in [0.05, 0.1) is 0 Å². The number of hydrogen-bond donors (Lipinski definition) is 0. The topological polar surface area (TPSA) is 25.9 Å². The third-order valence-electron chi connectivity index (χ3n) is 4.61. The predicted molar refractivity (Wildman–Crippen MR) is 95.1 cm³/mol. The van der Waals surface area contributed by atoms with Crippen LogP contribution in [0.4, 0.5) is 0 Å². The second-order valence-electron chi connectivity index (χ2n) is 6.31. The number of nitrogens with zero attached hydrogens (tertiary/aromatic N) is 2. The Balaban J connectivity index is 1.70. The number of Topliss-reactive ketones (excluding diaryl/α,β-unsaturated/α-hetero) is 1. The van der Waals surface area contributed by atoms with Crippen molar-refractivity contribution in [1.82, 2.24) is 4.57 Å². The maximum atomic E-state index is 12.5. The highest BCUT2D eigenvalue weighted by molar-refractivity contribution is 5.96. The number of carbonyl (C=O) groups excluding carboxylic acids is 1. The van der Waals surface area contributed by atoms with Gasteiger partial charge in [-0.15, -0.1) is 0 Å². The molecule has 2 heterocycles. The van der Waals surface area contributed by atoms with Crippen LogP contribution in [0.2, 0.25) is 0 Å². The molecule has 0 aliphatic carbocycles. The Hall–Kier alpha value is -2.68. The van der Waals surface area contributed by atoms with Crippen LogP contribution < -0.4 is 4.57 Å². The summed E-state index contributed by atoms with van der Waals surface area (Å²) in [6.07, 6.45) is 4.88. The molecule has 0 fully saturated rings. The van der Waals surface area contributed by atoms with Crippen molar-refractivity contribution < 1.29 is 9.36 Å². The van der Waals surface area contributed by atoms with E-state index in [1.165, 1.54) is 11.1 Å². The lowest BCUT2D eigenvalue weighted by Gasteiger charge is -2.02. The number of pyridine rings is 1. The maximum absolute atomic E-state index is 12.5. The van der Waals surface area contributed by atoms with Crippen molar-refractivity contribution in [2.75, 3.05) is 0 Å². The Morgan fingerprint density at radius 2 is 1.62 bits per heavy atom. The lowest BCUT2D eigenvalue weighted by atomic mass is 10.1. The smallest absolute Gasteiger partial charge is 0.229 e. The predicted octanol–water partition coefficient (Wildman–Crippen LogP) is 3.40. The van der Waals surface area contributed by atoms with Gasteiger partial charge in [-0.1, -0.05) is 30.3 Å². The molecule has 2 aromatic heterocycles. The minimum atomic E-state index is 0.150. The fraction of sp³-hybridized carbons (Fsp3) is 0.238. The van der Waals surface area contributed by atoms with Crippen molar-refractivity contribution in [2.24, 2.45) is 7.05 Å². The van der Waals surface area contributed by atoms with Gasteiger partial charge < -0.3 is 4.57 Å². The normalized spacial score (nSPS) is 10.8. The lowest BCUT2D eigenvalue weighted by molar-refractivity contribution is -0.683. The summed E-state index contributed by atoms with van der Waals surface area (Å²) in [5.41, 5.74) is 5.49. The molecule has 3 rings (SSSR count). The zero-order valence-corrected chi connectivity index (χ0v) is 14.5. The molecule has 3 heteroatoms. The minimum absolute atomic E-state index is 0.150. The van der Waals surface area contributed by atoms with Crippen molar-refractivity contribution in [3.63, 3.8) is 0 Å². The van der Waals surface area contributed by atoms with E-state index in [0.29, 0.717) is 6.54 Å². The molecule has 0 unspecified atom stereocenters. The average molecular weight is 319 g/mol. The van der Waals surface area contributed by atoms with Gasteiger partial charge in [0.2, 0.25) is 12.3 Å². The first-order valence-corrected chi connectivity index (χ1v) is 8.22. The third kappa shape index (κ3) is 3.46. The molecule has 0 radical (unpaired) electrons. The van der Waals surface area contributed by atoms with Gasteiger partial charge in [-0.25, -0.2) is 0 Å². The van der Waals surface area contributed by atoms with Gasteiger partial charge >= 0.3 is 0 Å². The number of hydrogen-bond acceptors (Lipinski definition) is 1. The first-order chi connectivity index (χ1) is 11.5. The fourth-order valence-electron chi connectivity index (χ4n) is 2.93. The minimum Gasteiger partial charge on any atom is -0.351 e. The van der Waals surface area contributed by atoms with Crippen molar-refractivity contribution in [3.8, 4) is 0 Å². The molecule has 0 atom stereocenters. The SMILES string of the molecule is Cc1cc(C(=O)C[n+]2ccc(Cc3ccccc3)cc2)c(C)n1C. The first kappa shape index (κ1) is 16.2. The van der Waals surface area contributed by atoms with E-state index in [0.717, 1.165) is 23.4 Å². The summed E-state index contributed by atoms with van der Waals surface area (Å²) < 4.78 is 4.00. The molecule has 0 aliphatic rings. The molecular formula is C21H23N2O+. The summed E-state index contributed by atoms with van der Waals surface area (Å²) >= 11 is 0. The second kappa shape index (κ2) is 6.83. The summed E-state index contributed by atoms with van der Waals surface area (Å²) in [7, 11) is 1.99. The lowest BCUT2D eigenvalue weighted by Crippen LogP contribution is -2.37. The monoisotopic (exact) mass is 319 g/mol. The third-order valence-corrected chi connectivity index (χ3v) is 4.61. The Morgan fingerprint density at radius 1 is 1.00 bits per heavy atom. The van der Waals surface area contributed by atoms with E-state index in [1.54, 1.807) is 0 Å². The van der Waals surface area contributed by atoms with Crippen LogP contribution in [-0.2, 0) is 20.0 Å². The van der Waals surface area contributed by atoms with Gasteiger partial charge in [-0.05, 0) is 37.5 Å². The van der Waals surface area contributed by atoms with E-state index in [4.69, 9.17) is 0 Å². The molecule has 122 valence electrons. The van der Waals surface area contributed by atoms with E-state index in [1.807, 2.05) is 50.0 Å². The summed E-state index contributed by atoms with van der Waals surface area (Å²) in [4.78, 5) is 12.5. The fourth-order valence-corrected chi connectivity index (χ4v) is 2.93. The Kier molecular flexibility index (Phi) is 4.61. The number of carbonyl (C=O) groups is 1. The average Bonchev–Trinajstić information content (AvgIpc) is 2.85. The summed E-state index contributed by atoms with van der Waals surface area (Å²) in [6.45, 7) is 4.39. The number of benzene rings is 1. The highest BCUT2D eigenvalue weighted by atomic mass is 16.1. The van der Waals surface area contributed by atoms with Gasteiger partial charge in [0.25, 0.3) is 0 Å². The van der Waals surface area contributed by atoms with Gasteiger partial charge in [0.1, 0.15) is 0 Å².